The van der Waals surface area contributed by atoms with E-state index < -0.39 is 0 Å². The number of carbonyl (C=O) groups is 1. The zero-order valence-electron chi connectivity index (χ0n) is 13.3. The highest BCUT2D eigenvalue weighted by Gasteiger charge is 2.39. The molecule has 1 saturated carbocycles. The van der Waals surface area contributed by atoms with E-state index in [0.29, 0.717) is 5.78 Å². The quantitative estimate of drug-likeness (QED) is 0.767. The van der Waals surface area contributed by atoms with Crippen LogP contribution >= 0.6 is 0 Å². The molecular weight excluding hydrogens is 236 g/mol. The number of Topliss-reactive ketones (excluding diaryl/α,β-unsaturated/α-hetero) is 1. The Morgan fingerprint density at radius 2 is 1.89 bits per heavy atom. The van der Waals surface area contributed by atoms with Gasteiger partial charge in [0.2, 0.25) is 0 Å². The van der Waals surface area contributed by atoms with Crippen LogP contribution in [0.15, 0.2) is 0 Å². The fourth-order valence-electron chi connectivity index (χ4n) is 3.58. The molecule has 110 valence electrons. The van der Waals surface area contributed by atoms with Crippen LogP contribution < -0.4 is 0 Å². The molecule has 1 aliphatic carbocycles. The van der Waals surface area contributed by atoms with E-state index in [4.69, 9.17) is 0 Å². The maximum absolute atomic E-state index is 12.5. The Balaban J connectivity index is 1.96. The second kappa shape index (κ2) is 5.17. The minimum Gasteiger partial charge on any atom is -0.300 e. The first-order chi connectivity index (χ1) is 8.72. The van der Waals surface area contributed by atoms with E-state index in [1.165, 1.54) is 6.42 Å². The van der Waals surface area contributed by atoms with Gasteiger partial charge in [-0.25, -0.2) is 0 Å². The van der Waals surface area contributed by atoms with Gasteiger partial charge in [-0.15, -0.1) is 0 Å². The molecule has 1 unspecified atom stereocenters. The Morgan fingerprint density at radius 1 is 1.21 bits per heavy atom. The van der Waals surface area contributed by atoms with E-state index in [2.05, 4.69) is 44.5 Å². The average molecular weight is 266 g/mol. The van der Waals surface area contributed by atoms with Crippen LogP contribution in [0.3, 0.4) is 0 Å². The van der Waals surface area contributed by atoms with E-state index in [-0.39, 0.29) is 16.9 Å². The SMILES string of the molecule is CN1CCN(CC2CCCC(C)(C)C2=O)CC1(C)C. The van der Waals surface area contributed by atoms with Gasteiger partial charge in [-0.05, 0) is 33.7 Å². The monoisotopic (exact) mass is 266 g/mol. The van der Waals surface area contributed by atoms with Crippen LogP contribution in [0.2, 0.25) is 0 Å². The third-order valence-electron chi connectivity index (χ3n) is 5.27. The molecule has 0 aromatic carbocycles. The Hall–Kier alpha value is -0.410. The first-order valence-corrected chi connectivity index (χ1v) is 7.70. The number of likely N-dealkylation sites (N-methyl/N-ethyl adjacent to an activating group) is 1. The minimum absolute atomic E-state index is 0.0922. The summed E-state index contributed by atoms with van der Waals surface area (Å²) in [6.07, 6.45) is 3.37. The third-order valence-corrected chi connectivity index (χ3v) is 5.27. The first-order valence-electron chi connectivity index (χ1n) is 7.70. The Labute approximate surface area is 118 Å². The maximum Gasteiger partial charge on any atom is 0.142 e. The highest BCUT2D eigenvalue weighted by atomic mass is 16.1. The first kappa shape index (κ1) is 15.0. The van der Waals surface area contributed by atoms with Crippen molar-refractivity contribution in [2.75, 3.05) is 33.2 Å². The molecule has 1 heterocycles. The third kappa shape index (κ3) is 3.19. The van der Waals surface area contributed by atoms with Gasteiger partial charge in [0.15, 0.2) is 0 Å². The summed E-state index contributed by atoms with van der Waals surface area (Å²) in [5.41, 5.74) is 0.135. The molecule has 1 saturated heterocycles. The summed E-state index contributed by atoms with van der Waals surface area (Å²) in [5, 5.41) is 0. The van der Waals surface area contributed by atoms with Gasteiger partial charge in [0, 0.05) is 43.1 Å². The molecule has 0 radical (unpaired) electrons. The molecule has 0 aromatic rings. The smallest absolute Gasteiger partial charge is 0.142 e. The molecule has 1 atom stereocenters. The fourth-order valence-corrected chi connectivity index (χ4v) is 3.58. The van der Waals surface area contributed by atoms with Crippen LogP contribution in [0.4, 0.5) is 0 Å². The highest BCUT2D eigenvalue weighted by molar-refractivity contribution is 5.87. The van der Waals surface area contributed by atoms with Crippen molar-refractivity contribution in [3.63, 3.8) is 0 Å². The molecule has 0 N–H and O–H groups in total. The van der Waals surface area contributed by atoms with E-state index in [1.807, 2.05) is 0 Å². The van der Waals surface area contributed by atoms with Gasteiger partial charge < -0.3 is 0 Å². The summed E-state index contributed by atoms with van der Waals surface area (Å²) in [6.45, 7) is 13.1. The standard InChI is InChI=1S/C16H30N2O/c1-15(2)8-6-7-13(14(15)19)11-18-10-9-17(5)16(3,4)12-18/h13H,6-12H2,1-5H3. The molecular formula is C16H30N2O. The van der Waals surface area contributed by atoms with Crippen molar-refractivity contribution in [3.8, 4) is 0 Å². The lowest BCUT2D eigenvalue weighted by molar-refractivity contribution is -0.135. The molecule has 3 heteroatoms. The molecule has 2 aliphatic rings. The van der Waals surface area contributed by atoms with E-state index in [9.17, 15) is 4.79 Å². The molecule has 0 aromatic heterocycles. The highest BCUT2D eigenvalue weighted by Crippen LogP contribution is 2.36. The lowest BCUT2D eigenvalue weighted by atomic mass is 9.71. The molecule has 19 heavy (non-hydrogen) atoms. The lowest BCUT2D eigenvalue weighted by Crippen LogP contribution is -2.58. The largest absolute Gasteiger partial charge is 0.300 e. The Kier molecular flexibility index (Phi) is 4.08. The van der Waals surface area contributed by atoms with Crippen molar-refractivity contribution >= 4 is 5.78 Å². The van der Waals surface area contributed by atoms with Crippen molar-refractivity contribution in [1.82, 2.24) is 9.80 Å². The van der Waals surface area contributed by atoms with Crippen LogP contribution in [0.1, 0.15) is 47.0 Å². The van der Waals surface area contributed by atoms with Crippen LogP contribution in [0, 0.1) is 11.3 Å². The number of rotatable bonds is 2. The Morgan fingerprint density at radius 3 is 2.53 bits per heavy atom. The topological polar surface area (TPSA) is 23.6 Å². The van der Waals surface area contributed by atoms with E-state index >= 15 is 0 Å². The van der Waals surface area contributed by atoms with Crippen LogP contribution in [0.5, 0.6) is 0 Å². The van der Waals surface area contributed by atoms with Gasteiger partial charge >= 0.3 is 0 Å². The average Bonchev–Trinajstić information content (AvgIpc) is 2.29. The van der Waals surface area contributed by atoms with Crippen LogP contribution in [-0.2, 0) is 4.79 Å². The second-order valence-electron chi connectivity index (χ2n) is 7.81. The van der Waals surface area contributed by atoms with Crippen molar-refractivity contribution in [2.24, 2.45) is 11.3 Å². The summed E-state index contributed by atoms with van der Waals surface area (Å²) in [6, 6.07) is 0. The zero-order valence-corrected chi connectivity index (χ0v) is 13.3. The number of hydrogen-bond donors (Lipinski definition) is 0. The number of hydrogen-bond acceptors (Lipinski definition) is 3. The molecule has 0 spiro atoms. The molecule has 0 amide bonds. The minimum atomic E-state index is -0.0922. The normalized spacial score (nSPS) is 32.5. The van der Waals surface area contributed by atoms with Crippen molar-refractivity contribution in [1.29, 1.82) is 0 Å². The molecule has 2 rings (SSSR count). The molecule has 0 bridgehead atoms. The number of piperazine rings is 1. The summed E-state index contributed by atoms with van der Waals surface area (Å²) < 4.78 is 0. The van der Waals surface area contributed by atoms with Gasteiger partial charge in [-0.3, -0.25) is 14.6 Å². The number of carbonyl (C=O) groups excluding carboxylic acids is 1. The van der Waals surface area contributed by atoms with Gasteiger partial charge in [-0.2, -0.15) is 0 Å². The summed E-state index contributed by atoms with van der Waals surface area (Å²) in [7, 11) is 2.20. The molecule has 2 fully saturated rings. The molecule has 3 nitrogen and oxygen atoms in total. The van der Waals surface area contributed by atoms with Gasteiger partial charge in [-0.1, -0.05) is 20.3 Å². The van der Waals surface area contributed by atoms with Crippen molar-refractivity contribution < 1.29 is 4.79 Å². The van der Waals surface area contributed by atoms with Gasteiger partial charge in [0.1, 0.15) is 5.78 Å². The summed E-state index contributed by atoms with van der Waals surface area (Å²) in [4.78, 5) is 17.4. The van der Waals surface area contributed by atoms with E-state index in [0.717, 1.165) is 39.0 Å². The van der Waals surface area contributed by atoms with Gasteiger partial charge in [0.25, 0.3) is 0 Å². The Bertz CT molecular complexity index is 349. The summed E-state index contributed by atoms with van der Waals surface area (Å²) in [5.74, 6) is 0.762. The zero-order chi connectivity index (χ0) is 14.3. The van der Waals surface area contributed by atoms with Gasteiger partial charge in [0.05, 0.1) is 0 Å². The number of nitrogens with zero attached hydrogens (tertiary/aromatic N) is 2. The van der Waals surface area contributed by atoms with Crippen molar-refractivity contribution in [2.45, 2.75) is 52.5 Å². The van der Waals surface area contributed by atoms with Crippen LogP contribution in [0.25, 0.3) is 0 Å². The maximum atomic E-state index is 12.5. The number of ketones is 1. The second-order valence-corrected chi connectivity index (χ2v) is 7.81. The molecule has 1 aliphatic heterocycles. The fraction of sp³-hybridized carbons (Fsp3) is 0.938. The predicted molar refractivity (Wildman–Crippen MR) is 79.3 cm³/mol. The van der Waals surface area contributed by atoms with Crippen LogP contribution in [-0.4, -0.2) is 54.3 Å². The summed E-state index contributed by atoms with van der Waals surface area (Å²) >= 11 is 0. The van der Waals surface area contributed by atoms with Crippen molar-refractivity contribution in [3.05, 3.63) is 0 Å². The predicted octanol–water partition coefficient (Wildman–Crippen LogP) is 2.41. The van der Waals surface area contributed by atoms with E-state index in [1.54, 1.807) is 0 Å². The lowest BCUT2D eigenvalue weighted by Gasteiger charge is -2.47.